The average molecular weight is 273 g/mol. The number of nitrogens with zero attached hydrogens (tertiary/aromatic N) is 3. The van der Waals surface area contributed by atoms with Crippen molar-refractivity contribution < 1.29 is 19.8 Å². The fraction of sp³-hybridized carbons (Fsp3) is 0.231. The summed E-state index contributed by atoms with van der Waals surface area (Å²) in [6.45, 7) is 2.11. The molecule has 0 fully saturated rings. The van der Waals surface area contributed by atoms with E-state index in [-0.39, 0.29) is 6.54 Å². The van der Waals surface area contributed by atoms with E-state index in [1.54, 1.807) is 0 Å². The van der Waals surface area contributed by atoms with Crippen molar-refractivity contribution in [3.63, 3.8) is 0 Å². The van der Waals surface area contributed by atoms with Crippen LogP contribution < -0.4 is 10.2 Å². The molecule has 1 aromatic carbocycles. The Hall–Kier alpha value is -2.70. The number of aromatic nitrogens is 3. The fourth-order valence-electron chi connectivity index (χ4n) is 1.82. The normalized spacial score (nSPS) is 10.4. The summed E-state index contributed by atoms with van der Waals surface area (Å²) in [7, 11) is 0. The molecule has 0 aliphatic carbocycles. The molecule has 1 heterocycles. The number of hydrogen-bond donors (Lipinski definition) is 0. The number of carbonyl (C=O) groups excluding carboxylic acids is 2. The minimum Gasteiger partial charge on any atom is -0.543 e. The fourth-order valence-corrected chi connectivity index (χ4v) is 1.82. The number of hydrogen-bond acceptors (Lipinski definition) is 6. The number of rotatable bonds is 5. The first kappa shape index (κ1) is 13.7. The van der Waals surface area contributed by atoms with Gasteiger partial charge >= 0.3 is 0 Å². The first-order valence-electron chi connectivity index (χ1n) is 5.97. The third-order valence-corrected chi connectivity index (χ3v) is 2.89. The Balaban J connectivity index is 2.33. The van der Waals surface area contributed by atoms with E-state index in [4.69, 9.17) is 0 Å². The van der Waals surface area contributed by atoms with Gasteiger partial charge in [0, 0.05) is 0 Å². The van der Waals surface area contributed by atoms with Crippen LogP contribution in [0.4, 0.5) is 0 Å². The predicted octanol–water partition coefficient (Wildman–Crippen LogP) is -1.38. The van der Waals surface area contributed by atoms with Crippen LogP contribution in [-0.2, 0) is 13.0 Å². The molecule has 2 aromatic rings. The van der Waals surface area contributed by atoms with Gasteiger partial charge in [-0.2, -0.15) is 0 Å². The molecule has 0 bridgehead atoms. The van der Waals surface area contributed by atoms with Crippen LogP contribution in [0.1, 0.15) is 39.0 Å². The van der Waals surface area contributed by atoms with Gasteiger partial charge in [0.25, 0.3) is 0 Å². The molecule has 0 amide bonds. The van der Waals surface area contributed by atoms with Gasteiger partial charge in [-0.25, -0.2) is 4.68 Å². The van der Waals surface area contributed by atoms with Crippen molar-refractivity contribution in [1.29, 1.82) is 0 Å². The van der Waals surface area contributed by atoms with E-state index in [0.29, 0.717) is 0 Å². The molecule has 1 aromatic heterocycles. The molecule has 7 nitrogen and oxygen atoms in total. The lowest BCUT2D eigenvalue weighted by Gasteiger charge is -2.09. The van der Waals surface area contributed by atoms with Crippen molar-refractivity contribution in [2.75, 3.05) is 0 Å². The van der Waals surface area contributed by atoms with Gasteiger partial charge in [0.1, 0.15) is 11.4 Å². The van der Waals surface area contributed by atoms with Gasteiger partial charge in [0.2, 0.25) is 0 Å². The average Bonchev–Trinajstić information content (AvgIpc) is 2.83. The molecule has 7 heteroatoms. The molecule has 0 aliphatic rings. The van der Waals surface area contributed by atoms with Gasteiger partial charge in [-0.3, -0.25) is 0 Å². The van der Waals surface area contributed by atoms with Gasteiger partial charge < -0.3 is 19.8 Å². The first-order chi connectivity index (χ1) is 9.52. The predicted molar refractivity (Wildman–Crippen MR) is 63.6 cm³/mol. The summed E-state index contributed by atoms with van der Waals surface area (Å²) in [5, 5.41) is 28.6. The van der Waals surface area contributed by atoms with E-state index in [1.165, 1.54) is 0 Å². The molecular weight excluding hydrogens is 262 g/mol. The Kier molecular flexibility index (Phi) is 3.79. The summed E-state index contributed by atoms with van der Waals surface area (Å²) in [6, 6.07) is 7.45. The van der Waals surface area contributed by atoms with Crippen LogP contribution in [0.2, 0.25) is 0 Å². The highest BCUT2D eigenvalue weighted by Gasteiger charge is 2.15. The minimum absolute atomic E-state index is 0.0909. The number of aryl methyl sites for hydroxylation is 1. The second kappa shape index (κ2) is 5.52. The molecule has 2 rings (SSSR count). The third-order valence-electron chi connectivity index (χ3n) is 2.89. The smallest absolute Gasteiger partial charge is 0.137 e. The Morgan fingerprint density at radius 1 is 1.10 bits per heavy atom. The molecule has 0 aliphatic heterocycles. The summed E-state index contributed by atoms with van der Waals surface area (Å²) in [5.41, 5.74) is 0.599. The number of carboxylic acid groups (broad SMARTS) is 2. The van der Waals surface area contributed by atoms with E-state index in [2.05, 4.69) is 10.3 Å². The Morgan fingerprint density at radius 3 is 2.20 bits per heavy atom. The highest BCUT2D eigenvalue weighted by molar-refractivity contribution is 5.97. The molecule has 0 spiro atoms. The minimum atomic E-state index is -1.70. The first-order valence-corrected chi connectivity index (χ1v) is 5.97. The van der Waals surface area contributed by atoms with Gasteiger partial charge in [-0.1, -0.05) is 36.4 Å². The van der Waals surface area contributed by atoms with Gasteiger partial charge in [0.05, 0.1) is 18.5 Å². The van der Waals surface area contributed by atoms with Gasteiger partial charge in [-0.15, -0.1) is 5.10 Å². The molecule has 0 radical (unpaired) electrons. The SMILES string of the molecule is CCc1ccc(Cn2nnc(C(=O)[O-])c2C(=O)[O-])cc1. The molecule has 0 atom stereocenters. The zero-order valence-electron chi connectivity index (χ0n) is 10.7. The van der Waals surface area contributed by atoms with Crippen LogP contribution in [0.25, 0.3) is 0 Å². The van der Waals surface area contributed by atoms with Crippen molar-refractivity contribution in [3.05, 3.63) is 46.8 Å². The van der Waals surface area contributed by atoms with Crippen LogP contribution in [0, 0.1) is 0 Å². The highest BCUT2D eigenvalue weighted by atomic mass is 16.4. The molecule has 0 N–H and O–H groups in total. The van der Waals surface area contributed by atoms with Crippen molar-refractivity contribution in [2.45, 2.75) is 19.9 Å². The quantitative estimate of drug-likeness (QED) is 0.663. The molecule has 0 saturated heterocycles. The number of carbonyl (C=O) groups is 2. The van der Waals surface area contributed by atoms with Crippen molar-refractivity contribution in [3.8, 4) is 0 Å². The Bertz CT molecular complexity index is 646. The maximum atomic E-state index is 11.0. The van der Waals surface area contributed by atoms with Crippen LogP contribution in [0.5, 0.6) is 0 Å². The molecular formula is C13H11N3O4-2. The summed E-state index contributed by atoms with van der Waals surface area (Å²) in [6.07, 6.45) is 0.892. The van der Waals surface area contributed by atoms with Crippen LogP contribution in [0.3, 0.4) is 0 Å². The second-order valence-corrected chi connectivity index (χ2v) is 4.19. The summed E-state index contributed by atoms with van der Waals surface area (Å²) < 4.78 is 0.974. The monoisotopic (exact) mass is 273 g/mol. The Labute approximate surface area is 114 Å². The molecule has 20 heavy (non-hydrogen) atoms. The van der Waals surface area contributed by atoms with Gasteiger partial charge in [-0.05, 0) is 17.5 Å². The van der Waals surface area contributed by atoms with Crippen LogP contribution in [-0.4, -0.2) is 26.9 Å². The van der Waals surface area contributed by atoms with Gasteiger partial charge in [0.15, 0.2) is 0 Å². The summed E-state index contributed by atoms with van der Waals surface area (Å²) >= 11 is 0. The standard InChI is InChI=1S/C13H13N3O4/c1-2-8-3-5-9(6-4-8)7-16-11(13(19)20)10(12(17)18)14-15-16/h3-6H,2,7H2,1H3,(H,17,18)(H,19,20)/p-2. The molecule has 0 unspecified atom stereocenters. The topological polar surface area (TPSA) is 111 Å². The van der Waals surface area contributed by atoms with E-state index >= 15 is 0 Å². The second-order valence-electron chi connectivity index (χ2n) is 4.19. The van der Waals surface area contributed by atoms with E-state index in [1.807, 2.05) is 31.2 Å². The lowest BCUT2D eigenvalue weighted by Crippen LogP contribution is -2.32. The summed E-state index contributed by atoms with van der Waals surface area (Å²) in [4.78, 5) is 21.8. The third kappa shape index (κ3) is 2.66. The largest absolute Gasteiger partial charge is 0.543 e. The Morgan fingerprint density at radius 2 is 1.70 bits per heavy atom. The maximum absolute atomic E-state index is 11.0. The lowest BCUT2D eigenvalue weighted by atomic mass is 10.1. The lowest BCUT2D eigenvalue weighted by molar-refractivity contribution is -0.260. The van der Waals surface area contributed by atoms with E-state index in [9.17, 15) is 19.8 Å². The highest BCUT2D eigenvalue weighted by Crippen LogP contribution is 2.10. The zero-order valence-corrected chi connectivity index (χ0v) is 10.7. The van der Waals surface area contributed by atoms with Crippen molar-refractivity contribution >= 4 is 11.9 Å². The number of aromatic carboxylic acids is 2. The maximum Gasteiger partial charge on any atom is 0.137 e. The number of benzene rings is 1. The van der Waals surface area contributed by atoms with Crippen molar-refractivity contribution in [1.82, 2.24) is 15.0 Å². The van der Waals surface area contributed by atoms with E-state index < -0.39 is 23.3 Å². The van der Waals surface area contributed by atoms with Crippen LogP contribution >= 0.6 is 0 Å². The van der Waals surface area contributed by atoms with E-state index in [0.717, 1.165) is 22.2 Å². The van der Waals surface area contributed by atoms with Crippen LogP contribution in [0.15, 0.2) is 24.3 Å². The molecule has 0 saturated carbocycles. The number of carboxylic acids is 2. The molecule has 104 valence electrons. The summed E-state index contributed by atoms with van der Waals surface area (Å²) in [5.74, 6) is -3.35. The van der Waals surface area contributed by atoms with Crippen molar-refractivity contribution in [2.24, 2.45) is 0 Å². The zero-order chi connectivity index (χ0) is 14.7.